The molecule has 0 bridgehead atoms. The van der Waals surface area contributed by atoms with Gasteiger partial charge in [-0.15, -0.1) is 0 Å². The van der Waals surface area contributed by atoms with Crippen LogP contribution in [0.2, 0.25) is 0 Å². The third-order valence-electron chi connectivity index (χ3n) is 3.44. The van der Waals surface area contributed by atoms with Gasteiger partial charge in [-0.25, -0.2) is 0 Å². The third kappa shape index (κ3) is 4.43. The van der Waals surface area contributed by atoms with Crippen LogP contribution in [0.5, 0.6) is 0 Å². The third-order valence-corrected chi connectivity index (χ3v) is 3.44. The Morgan fingerprint density at radius 2 is 2.15 bits per heavy atom. The smallest absolute Gasteiger partial charge is 0.363 e. The molecule has 7 nitrogen and oxygen atoms in total. The van der Waals surface area contributed by atoms with Crippen molar-refractivity contribution in [3.8, 4) is 0 Å². The van der Waals surface area contributed by atoms with Crippen molar-refractivity contribution < 1.29 is 9.66 Å². The van der Waals surface area contributed by atoms with E-state index in [1.54, 1.807) is 6.07 Å². The van der Waals surface area contributed by atoms with Crippen molar-refractivity contribution >= 4 is 11.5 Å². The molecular weight excluding hydrogens is 260 g/mol. The first-order valence-electron chi connectivity index (χ1n) is 6.86. The molecule has 1 aliphatic carbocycles. The highest BCUT2D eigenvalue weighted by Crippen LogP contribution is 2.19. The zero-order chi connectivity index (χ0) is 14.4. The fourth-order valence-electron chi connectivity index (χ4n) is 2.27. The van der Waals surface area contributed by atoms with Gasteiger partial charge in [-0.05, 0) is 41.7 Å². The molecule has 0 atom stereocenters. The van der Waals surface area contributed by atoms with Crippen molar-refractivity contribution in [2.75, 3.05) is 18.5 Å². The van der Waals surface area contributed by atoms with E-state index in [2.05, 4.69) is 10.3 Å². The number of rotatable bonds is 6. The van der Waals surface area contributed by atoms with E-state index < -0.39 is 4.92 Å². The highest BCUT2D eigenvalue weighted by molar-refractivity contribution is 5.43. The van der Waals surface area contributed by atoms with Gasteiger partial charge in [0.1, 0.15) is 0 Å². The summed E-state index contributed by atoms with van der Waals surface area (Å²) in [6.07, 6.45) is 5.89. The van der Waals surface area contributed by atoms with Crippen molar-refractivity contribution in [1.82, 2.24) is 4.98 Å². The topological polar surface area (TPSA) is 103 Å². The summed E-state index contributed by atoms with van der Waals surface area (Å²) in [5.74, 6) is -0.148. The summed E-state index contributed by atoms with van der Waals surface area (Å²) in [7, 11) is 0. The van der Waals surface area contributed by atoms with Crippen LogP contribution in [0.4, 0.5) is 11.5 Å². The second-order valence-electron chi connectivity index (χ2n) is 5.00. The monoisotopic (exact) mass is 280 g/mol. The van der Waals surface area contributed by atoms with Crippen LogP contribution < -0.4 is 11.1 Å². The van der Waals surface area contributed by atoms with Gasteiger partial charge in [0.15, 0.2) is 6.20 Å². The fraction of sp³-hybridized carbons (Fsp3) is 0.615. The minimum Gasteiger partial charge on any atom is -0.380 e. The van der Waals surface area contributed by atoms with Gasteiger partial charge in [-0.1, -0.05) is 0 Å². The SMILES string of the molecule is NC1CCC(OCCNc2ccc([N+](=O)[O-])nc2)CC1. The van der Waals surface area contributed by atoms with Crippen LogP contribution in [0.1, 0.15) is 25.7 Å². The lowest BCUT2D eigenvalue weighted by atomic mass is 9.94. The molecule has 20 heavy (non-hydrogen) atoms. The van der Waals surface area contributed by atoms with Gasteiger partial charge in [-0.3, -0.25) is 0 Å². The average molecular weight is 280 g/mol. The molecule has 1 heterocycles. The molecule has 1 aromatic rings. The van der Waals surface area contributed by atoms with E-state index in [0.29, 0.717) is 25.3 Å². The lowest BCUT2D eigenvalue weighted by molar-refractivity contribution is -0.389. The summed E-state index contributed by atoms with van der Waals surface area (Å²) < 4.78 is 5.77. The van der Waals surface area contributed by atoms with Crippen molar-refractivity contribution in [3.63, 3.8) is 0 Å². The molecule has 0 saturated heterocycles. The summed E-state index contributed by atoms with van der Waals surface area (Å²) in [6.45, 7) is 1.26. The molecular formula is C13H20N4O3. The molecule has 110 valence electrons. The van der Waals surface area contributed by atoms with Gasteiger partial charge in [0.2, 0.25) is 0 Å². The first-order valence-corrected chi connectivity index (χ1v) is 6.86. The number of nitrogens with one attached hydrogen (secondary N) is 1. The molecule has 1 aromatic heterocycles. The van der Waals surface area contributed by atoms with E-state index in [-0.39, 0.29) is 5.82 Å². The zero-order valence-corrected chi connectivity index (χ0v) is 11.3. The quantitative estimate of drug-likeness (QED) is 0.467. The fourth-order valence-corrected chi connectivity index (χ4v) is 2.27. The number of aromatic nitrogens is 1. The van der Waals surface area contributed by atoms with E-state index in [1.165, 1.54) is 12.3 Å². The largest absolute Gasteiger partial charge is 0.380 e. The van der Waals surface area contributed by atoms with Gasteiger partial charge < -0.3 is 25.9 Å². The Morgan fingerprint density at radius 1 is 1.40 bits per heavy atom. The zero-order valence-electron chi connectivity index (χ0n) is 11.3. The minimum absolute atomic E-state index is 0.148. The molecule has 0 aliphatic heterocycles. The summed E-state index contributed by atoms with van der Waals surface area (Å²) >= 11 is 0. The standard InChI is InChI=1S/C13H20N4O3/c14-10-1-4-12(5-2-10)20-8-7-15-11-3-6-13(16-9-11)17(18)19/h3,6,9-10,12,15H,1-2,4-5,7-8,14H2. The van der Waals surface area contributed by atoms with Crippen molar-refractivity contribution in [2.45, 2.75) is 37.8 Å². The van der Waals surface area contributed by atoms with Crippen LogP contribution in [0.15, 0.2) is 18.3 Å². The van der Waals surface area contributed by atoms with Crippen molar-refractivity contribution in [2.24, 2.45) is 5.73 Å². The van der Waals surface area contributed by atoms with E-state index in [0.717, 1.165) is 31.4 Å². The Labute approximate surface area is 117 Å². The molecule has 0 spiro atoms. The normalized spacial score (nSPS) is 22.4. The maximum absolute atomic E-state index is 10.5. The van der Waals surface area contributed by atoms with Crippen LogP contribution in [-0.2, 0) is 4.74 Å². The van der Waals surface area contributed by atoms with E-state index in [4.69, 9.17) is 10.5 Å². The van der Waals surface area contributed by atoms with Crippen LogP contribution in [-0.4, -0.2) is 35.2 Å². The molecule has 2 rings (SSSR count). The van der Waals surface area contributed by atoms with Crippen molar-refractivity contribution in [3.05, 3.63) is 28.4 Å². The summed E-state index contributed by atoms with van der Waals surface area (Å²) in [4.78, 5) is 13.7. The highest BCUT2D eigenvalue weighted by Gasteiger charge is 2.18. The van der Waals surface area contributed by atoms with Crippen LogP contribution in [0.25, 0.3) is 0 Å². The molecule has 0 amide bonds. The number of pyridine rings is 1. The Hall–Kier alpha value is -1.73. The molecule has 0 radical (unpaired) electrons. The molecule has 1 aliphatic rings. The predicted molar refractivity (Wildman–Crippen MR) is 75.6 cm³/mol. The maximum atomic E-state index is 10.5. The average Bonchev–Trinajstić information content (AvgIpc) is 2.46. The van der Waals surface area contributed by atoms with E-state index >= 15 is 0 Å². The van der Waals surface area contributed by atoms with Crippen LogP contribution >= 0.6 is 0 Å². The summed E-state index contributed by atoms with van der Waals surface area (Å²) in [5, 5.41) is 13.6. The number of anilines is 1. The molecule has 3 N–H and O–H groups in total. The first-order chi connectivity index (χ1) is 9.65. The Kier molecular flexibility index (Phi) is 5.25. The van der Waals surface area contributed by atoms with Gasteiger partial charge >= 0.3 is 5.82 Å². The number of nitrogens with zero attached hydrogens (tertiary/aromatic N) is 2. The van der Waals surface area contributed by atoms with Gasteiger partial charge in [0.05, 0.1) is 18.4 Å². The van der Waals surface area contributed by atoms with Gasteiger partial charge in [-0.2, -0.15) is 0 Å². The first kappa shape index (κ1) is 14.7. The number of hydrogen-bond acceptors (Lipinski definition) is 6. The molecule has 1 fully saturated rings. The Morgan fingerprint density at radius 3 is 2.75 bits per heavy atom. The van der Waals surface area contributed by atoms with E-state index in [9.17, 15) is 10.1 Å². The number of hydrogen-bond donors (Lipinski definition) is 2. The lowest BCUT2D eigenvalue weighted by Gasteiger charge is -2.26. The van der Waals surface area contributed by atoms with Gasteiger partial charge in [0, 0.05) is 18.7 Å². The number of ether oxygens (including phenoxy) is 1. The summed E-state index contributed by atoms with van der Waals surface area (Å²) in [5.41, 5.74) is 6.59. The molecule has 1 saturated carbocycles. The number of nitrogens with two attached hydrogens (primary N) is 1. The Balaban J connectivity index is 1.64. The van der Waals surface area contributed by atoms with E-state index in [1.807, 2.05) is 0 Å². The van der Waals surface area contributed by atoms with Gasteiger partial charge in [0.25, 0.3) is 0 Å². The second-order valence-corrected chi connectivity index (χ2v) is 5.00. The highest BCUT2D eigenvalue weighted by atomic mass is 16.6. The van der Waals surface area contributed by atoms with Crippen LogP contribution in [0, 0.1) is 10.1 Å². The second kappa shape index (κ2) is 7.16. The number of nitro groups is 1. The molecule has 0 aromatic carbocycles. The Bertz CT molecular complexity index is 430. The molecule has 7 heteroatoms. The van der Waals surface area contributed by atoms with Crippen LogP contribution in [0.3, 0.4) is 0 Å². The van der Waals surface area contributed by atoms with Crippen molar-refractivity contribution in [1.29, 1.82) is 0 Å². The maximum Gasteiger partial charge on any atom is 0.363 e. The summed E-state index contributed by atoms with van der Waals surface area (Å²) in [6, 6.07) is 3.36. The lowest BCUT2D eigenvalue weighted by Crippen LogP contribution is -2.31. The molecule has 0 unspecified atom stereocenters. The minimum atomic E-state index is -0.513. The predicted octanol–water partition coefficient (Wildman–Crippen LogP) is 1.69.